The quantitative estimate of drug-likeness (QED) is 0.0986. The highest BCUT2D eigenvalue weighted by Crippen LogP contribution is 2.45. The second-order valence-corrected chi connectivity index (χ2v) is 19.8. The molecule has 8 nitrogen and oxygen atoms in total. The molecule has 1 heterocycles. The van der Waals surface area contributed by atoms with Crippen LogP contribution in [0.2, 0.25) is 5.04 Å². The summed E-state index contributed by atoms with van der Waals surface area (Å²) < 4.78 is 21.0. The van der Waals surface area contributed by atoms with Crippen LogP contribution in [0, 0.1) is 0 Å². The van der Waals surface area contributed by atoms with Crippen LogP contribution in [0.5, 0.6) is 11.5 Å². The zero-order valence-electron chi connectivity index (χ0n) is 31.0. The average molecular weight is 716 g/mol. The second kappa shape index (κ2) is 15.3. The first-order chi connectivity index (χ1) is 24.9. The van der Waals surface area contributed by atoms with Gasteiger partial charge in [-0.15, -0.1) is 0 Å². The third kappa shape index (κ3) is 7.90. The van der Waals surface area contributed by atoms with Gasteiger partial charge in [0.2, 0.25) is 0 Å². The molecule has 5 aromatic rings. The summed E-state index contributed by atoms with van der Waals surface area (Å²) in [4.78, 5) is 25.3. The maximum atomic E-state index is 13.3. The number of rotatable bonds is 13. The minimum atomic E-state index is -2.66. The Morgan fingerprint density at radius 2 is 1.37 bits per heavy atom. The predicted molar refractivity (Wildman–Crippen MR) is 208 cm³/mol. The van der Waals surface area contributed by atoms with Gasteiger partial charge in [-0.3, -0.25) is 9.59 Å². The molecule has 0 atom stereocenters. The lowest BCUT2D eigenvalue weighted by atomic mass is 9.80. The van der Waals surface area contributed by atoms with Gasteiger partial charge >= 0.3 is 0 Å². The molecule has 0 radical (unpaired) electrons. The van der Waals surface area contributed by atoms with Crippen molar-refractivity contribution in [2.75, 3.05) is 11.9 Å². The minimum Gasteiger partial charge on any atom is -0.488 e. The number of aldehydes is 1. The zero-order valence-corrected chi connectivity index (χ0v) is 32.0. The number of carbonyl (C=O) groups is 2. The summed E-state index contributed by atoms with van der Waals surface area (Å²) in [5, 5.41) is 10.5. The van der Waals surface area contributed by atoms with Crippen molar-refractivity contribution in [2.45, 2.75) is 83.6 Å². The molecule has 0 saturated heterocycles. The van der Waals surface area contributed by atoms with Gasteiger partial charge in [-0.25, -0.2) is 4.68 Å². The van der Waals surface area contributed by atoms with Crippen molar-refractivity contribution in [3.8, 4) is 11.5 Å². The van der Waals surface area contributed by atoms with E-state index in [1.807, 2.05) is 41.1 Å². The van der Waals surface area contributed by atoms with Crippen molar-refractivity contribution in [3.63, 3.8) is 0 Å². The van der Waals surface area contributed by atoms with Crippen LogP contribution >= 0.6 is 0 Å². The van der Waals surface area contributed by atoms with Gasteiger partial charge in [-0.2, -0.15) is 5.10 Å². The van der Waals surface area contributed by atoms with Crippen molar-refractivity contribution >= 4 is 36.7 Å². The first-order valence-corrected chi connectivity index (χ1v) is 19.9. The first kappa shape index (κ1) is 36.8. The molecule has 1 amide bonds. The number of nitrogens with one attached hydrogen (secondary N) is 1. The summed E-state index contributed by atoms with van der Waals surface area (Å²) in [5.74, 6) is 1.12. The number of anilines is 1. The van der Waals surface area contributed by atoms with Gasteiger partial charge in [0.1, 0.15) is 23.9 Å². The van der Waals surface area contributed by atoms with E-state index in [0.29, 0.717) is 24.5 Å². The van der Waals surface area contributed by atoms with Gasteiger partial charge in [0.05, 0.1) is 16.8 Å². The molecule has 9 heteroatoms. The largest absolute Gasteiger partial charge is 0.488 e. The van der Waals surface area contributed by atoms with Crippen LogP contribution < -0.4 is 25.2 Å². The van der Waals surface area contributed by atoms with Crippen molar-refractivity contribution in [1.82, 2.24) is 9.78 Å². The Balaban J connectivity index is 1.14. The van der Waals surface area contributed by atoms with Crippen molar-refractivity contribution in [2.24, 2.45) is 0 Å². The molecule has 0 unspecified atom stereocenters. The number of hydrogen-bond acceptors (Lipinski definition) is 6. The van der Waals surface area contributed by atoms with Gasteiger partial charge in [-0.1, -0.05) is 118 Å². The number of carbonyl (C=O) groups excluding carboxylic acids is 2. The number of amides is 1. The molecular formula is C43H49N3O5Si. The monoisotopic (exact) mass is 715 g/mol. The van der Waals surface area contributed by atoms with E-state index in [-0.39, 0.29) is 46.4 Å². The smallest absolute Gasteiger partial charge is 0.263 e. The van der Waals surface area contributed by atoms with E-state index in [2.05, 4.69) is 108 Å². The fourth-order valence-corrected chi connectivity index (χ4v) is 11.7. The third-order valence-electron chi connectivity index (χ3n) is 9.64. The summed E-state index contributed by atoms with van der Waals surface area (Å²) in [7, 11) is -2.66. The summed E-state index contributed by atoms with van der Waals surface area (Å²) in [6.07, 6.45) is 2.47. The summed E-state index contributed by atoms with van der Waals surface area (Å²) in [6, 6.07) is 38.2. The molecule has 0 spiro atoms. The molecule has 0 bridgehead atoms. The van der Waals surface area contributed by atoms with E-state index in [4.69, 9.17) is 19.0 Å². The maximum absolute atomic E-state index is 13.3. The van der Waals surface area contributed by atoms with Gasteiger partial charge in [0.25, 0.3) is 14.2 Å². The van der Waals surface area contributed by atoms with Crippen molar-refractivity contribution < 1.29 is 23.5 Å². The van der Waals surface area contributed by atoms with E-state index in [0.717, 1.165) is 24.1 Å². The molecular weight excluding hydrogens is 667 g/mol. The van der Waals surface area contributed by atoms with Crippen LogP contribution in [0.4, 0.5) is 5.82 Å². The number of aromatic nitrogens is 2. The number of benzene rings is 4. The Kier molecular flexibility index (Phi) is 10.8. The molecule has 1 aromatic heterocycles. The van der Waals surface area contributed by atoms with E-state index in [9.17, 15) is 9.59 Å². The highest BCUT2D eigenvalue weighted by Gasteiger charge is 2.53. The van der Waals surface area contributed by atoms with Gasteiger partial charge < -0.3 is 19.2 Å². The van der Waals surface area contributed by atoms with E-state index < -0.39 is 8.32 Å². The van der Waals surface area contributed by atoms with Crippen LogP contribution in [0.25, 0.3) is 0 Å². The lowest BCUT2D eigenvalue weighted by Gasteiger charge is -2.48. The lowest BCUT2D eigenvalue weighted by Crippen LogP contribution is -2.68. The van der Waals surface area contributed by atoms with Crippen LogP contribution in [-0.2, 0) is 21.4 Å². The summed E-state index contributed by atoms with van der Waals surface area (Å²) in [6.45, 7) is 13.1. The minimum absolute atomic E-state index is 0.0852. The Hall–Kier alpha value is -4.99. The summed E-state index contributed by atoms with van der Waals surface area (Å²) >= 11 is 0. The number of ether oxygens (including phenoxy) is 2. The molecule has 270 valence electrons. The number of nitrogens with zero attached hydrogens (tertiary/aromatic N) is 2. The SMILES string of the molecule is CC(C)(C)n1nc(C2CC(O[Si](c3ccccc3)(c3ccccc3)C(C)(C)C)C2)cc1NC(=O)COc1cccc(OCc2ccccc2)c1C=O. The van der Waals surface area contributed by atoms with Gasteiger partial charge in [0.15, 0.2) is 12.9 Å². The Bertz CT molecular complexity index is 1920. The fraction of sp³-hybridized carbons (Fsp3) is 0.326. The molecule has 1 saturated carbocycles. The van der Waals surface area contributed by atoms with E-state index in [1.165, 1.54) is 10.4 Å². The normalized spacial score (nSPS) is 16.1. The molecule has 1 aliphatic carbocycles. The molecule has 52 heavy (non-hydrogen) atoms. The van der Waals surface area contributed by atoms with Crippen molar-refractivity contribution in [3.05, 3.63) is 132 Å². The highest BCUT2D eigenvalue weighted by atomic mass is 28.4. The highest BCUT2D eigenvalue weighted by molar-refractivity contribution is 6.99. The van der Waals surface area contributed by atoms with Crippen LogP contribution in [0.3, 0.4) is 0 Å². The Labute approximate surface area is 308 Å². The topological polar surface area (TPSA) is 91.7 Å². The van der Waals surface area contributed by atoms with E-state index >= 15 is 0 Å². The number of hydrogen-bond donors (Lipinski definition) is 1. The molecule has 1 N–H and O–H groups in total. The predicted octanol–water partition coefficient (Wildman–Crippen LogP) is 7.87. The zero-order chi connectivity index (χ0) is 36.9. The Morgan fingerprint density at radius 3 is 1.90 bits per heavy atom. The summed E-state index contributed by atoms with van der Waals surface area (Å²) in [5.41, 5.74) is 1.78. The third-order valence-corrected chi connectivity index (χ3v) is 14.7. The molecule has 4 aromatic carbocycles. The average Bonchev–Trinajstić information content (AvgIpc) is 3.53. The molecule has 1 aliphatic rings. The molecule has 1 fully saturated rings. The van der Waals surface area contributed by atoms with Crippen LogP contribution in [0.15, 0.2) is 115 Å². The fourth-order valence-electron chi connectivity index (χ4n) is 6.99. The van der Waals surface area contributed by atoms with E-state index in [1.54, 1.807) is 18.2 Å². The second-order valence-electron chi connectivity index (χ2n) is 15.5. The maximum Gasteiger partial charge on any atom is 0.263 e. The van der Waals surface area contributed by atoms with Crippen molar-refractivity contribution in [1.29, 1.82) is 0 Å². The lowest BCUT2D eigenvalue weighted by molar-refractivity contribution is -0.118. The van der Waals surface area contributed by atoms with Crippen LogP contribution in [0.1, 0.15) is 81.9 Å². The Morgan fingerprint density at radius 1 is 0.808 bits per heavy atom. The standard InChI is InChI=1S/C43H49N3O5Si/c1-42(2,3)46-40(44-41(48)30-50-39-24-16-23-38(36(39)28-47)49-29-31-17-10-7-11-18-31)27-37(45-46)32-25-33(26-32)51-52(43(4,5)6,34-19-12-8-13-20-34)35-21-14-9-15-22-35/h7-24,27-28,32-33H,25-26,29-30H2,1-6H3,(H,44,48). The molecule has 0 aliphatic heterocycles. The van der Waals surface area contributed by atoms with Gasteiger partial charge in [0, 0.05) is 18.1 Å². The van der Waals surface area contributed by atoms with Gasteiger partial charge in [-0.05, 0) is 66.7 Å². The molecule has 6 rings (SSSR count). The van der Waals surface area contributed by atoms with Crippen LogP contribution in [-0.4, -0.2) is 43.0 Å². The first-order valence-electron chi connectivity index (χ1n) is 18.0.